The minimum absolute atomic E-state index is 0.0371. The number of ether oxygens (including phenoxy) is 1. The van der Waals surface area contributed by atoms with Gasteiger partial charge in [-0.2, -0.15) is 0 Å². The largest absolute Gasteiger partial charge is 0.494 e. The van der Waals surface area contributed by atoms with Crippen LogP contribution >= 0.6 is 0 Å². The molecule has 26 heavy (non-hydrogen) atoms. The van der Waals surface area contributed by atoms with Gasteiger partial charge in [-0.1, -0.05) is 42.5 Å². The van der Waals surface area contributed by atoms with Gasteiger partial charge in [0.25, 0.3) is 0 Å². The van der Waals surface area contributed by atoms with Crippen molar-refractivity contribution in [3.63, 3.8) is 0 Å². The molecule has 2 amide bonds. The van der Waals surface area contributed by atoms with Crippen molar-refractivity contribution in [2.75, 3.05) is 13.2 Å². The van der Waals surface area contributed by atoms with Crippen molar-refractivity contribution in [2.45, 2.75) is 26.4 Å². The number of nitrogens with one attached hydrogen (secondary N) is 1. The minimum Gasteiger partial charge on any atom is -0.494 e. The molecule has 0 unspecified atom stereocenters. The van der Waals surface area contributed by atoms with E-state index in [1.807, 2.05) is 61.5 Å². The highest BCUT2D eigenvalue weighted by molar-refractivity contribution is 5.89. The van der Waals surface area contributed by atoms with Gasteiger partial charge in [0.1, 0.15) is 5.75 Å². The number of benzene rings is 2. The molecule has 2 aromatic rings. The second-order valence-corrected chi connectivity index (χ2v) is 6.46. The highest BCUT2D eigenvalue weighted by Crippen LogP contribution is 2.20. The third-order valence-corrected chi connectivity index (χ3v) is 4.50. The van der Waals surface area contributed by atoms with Gasteiger partial charge in [0.2, 0.25) is 11.8 Å². The van der Waals surface area contributed by atoms with Crippen molar-refractivity contribution in [3.05, 3.63) is 65.7 Å². The Kier molecular flexibility index (Phi) is 5.89. The maximum Gasteiger partial charge on any atom is 0.225 e. The Hall–Kier alpha value is -2.82. The highest BCUT2D eigenvalue weighted by Gasteiger charge is 2.34. The third-order valence-electron chi connectivity index (χ3n) is 4.50. The zero-order valence-electron chi connectivity index (χ0n) is 15.0. The van der Waals surface area contributed by atoms with E-state index in [4.69, 9.17) is 4.74 Å². The number of carbonyl (C=O) groups excluding carboxylic acids is 2. The Morgan fingerprint density at radius 1 is 1.12 bits per heavy atom. The summed E-state index contributed by atoms with van der Waals surface area (Å²) >= 11 is 0. The first-order valence-corrected chi connectivity index (χ1v) is 8.97. The number of likely N-dealkylation sites (tertiary alicyclic amines) is 1. The molecule has 0 saturated carbocycles. The Morgan fingerprint density at radius 3 is 2.54 bits per heavy atom. The molecule has 1 saturated heterocycles. The molecule has 136 valence electrons. The highest BCUT2D eigenvalue weighted by atomic mass is 16.5. The van der Waals surface area contributed by atoms with Gasteiger partial charge in [0, 0.05) is 26.1 Å². The molecule has 2 aromatic carbocycles. The maximum atomic E-state index is 12.4. The van der Waals surface area contributed by atoms with Gasteiger partial charge in [0.15, 0.2) is 0 Å². The van der Waals surface area contributed by atoms with Crippen LogP contribution in [-0.4, -0.2) is 29.9 Å². The number of hydrogen-bond donors (Lipinski definition) is 1. The van der Waals surface area contributed by atoms with E-state index in [0.717, 1.165) is 16.9 Å². The predicted molar refractivity (Wildman–Crippen MR) is 99.4 cm³/mol. The van der Waals surface area contributed by atoms with Crippen molar-refractivity contribution < 1.29 is 14.3 Å². The van der Waals surface area contributed by atoms with Crippen LogP contribution in [-0.2, 0) is 22.7 Å². The third kappa shape index (κ3) is 4.63. The predicted octanol–water partition coefficient (Wildman–Crippen LogP) is 2.75. The lowest BCUT2D eigenvalue weighted by molar-refractivity contribution is -0.129. The van der Waals surface area contributed by atoms with E-state index in [-0.39, 0.29) is 24.2 Å². The number of carbonyl (C=O) groups is 2. The van der Waals surface area contributed by atoms with Crippen LogP contribution < -0.4 is 10.1 Å². The molecule has 1 atom stereocenters. The van der Waals surface area contributed by atoms with Crippen LogP contribution in [0.25, 0.3) is 0 Å². The lowest BCUT2D eigenvalue weighted by atomic mass is 10.1. The van der Waals surface area contributed by atoms with Crippen LogP contribution in [0.1, 0.15) is 24.5 Å². The van der Waals surface area contributed by atoms with E-state index >= 15 is 0 Å². The first-order valence-electron chi connectivity index (χ1n) is 8.97. The Bertz CT molecular complexity index is 744. The van der Waals surface area contributed by atoms with Crippen molar-refractivity contribution in [1.29, 1.82) is 0 Å². The maximum absolute atomic E-state index is 12.4. The van der Waals surface area contributed by atoms with Gasteiger partial charge in [-0.15, -0.1) is 0 Å². The first-order chi connectivity index (χ1) is 12.7. The number of amides is 2. The SMILES string of the molecule is CCOc1ccc(CNC(=O)[C@@H]2CC(=O)N(Cc3ccccc3)C2)cc1. The van der Waals surface area contributed by atoms with E-state index in [1.54, 1.807) is 4.90 Å². The molecule has 1 aliphatic heterocycles. The summed E-state index contributed by atoms with van der Waals surface area (Å²) in [5.41, 5.74) is 2.09. The van der Waals surface area contributed by atoms with Crippen molar-refractivity contribution in [2.24, 2.45) is 5.92 Å². The van der Waals surface area contributed by atoms with Crippen LogP contribution in [0.4, 0.5) is 0 Å². The van der Waals surface area contributed by atoms with Crippen molar-refractivity contribution >= 4 is 11.8 Å². The summed E-state index contributed by atoms with van der Waals surface area (Å²) in [7, 11) is 0. The van der Waals surface area contributed by atoms with E-state index in [0.29, 0.717) is 26.2 Å². The summed E-state index contributed by atoms with van der Waals surface area (Å²) in [5.74, 6) is 0.507. The molecule has 1 N–H and O–H groups in total. The summed E-state index contributed by atoms with van der Waals surface area (Å²) in [4.78, 5) is 26.4. The van der Waals surface area contributed by atoms with Crippen LogP contribution in [0.2, 0.25) is 0 Å². The molecule has 1 heterocycles. The Labute approximate surface area is 154 Å². The summed E-state index contributed by atoms with van der Waals surface area (Å²) in [6.07, 6.45) is 0.280. The molecule has 1 fully saturated rings. The summed E-state index contributed by atoms with van der Waals surface area (Å²) in [6, 6.07) is 17.5. The summed E-state index contributed by atoms with van der Waals surface area (Å²) < 4.78 is 5.41. The normalized spacial score (nSPS) is 16.6. The smallest absolute Gasteiger partial charge is 0.225 e. The van der Waals surface area contributed by atoms with Gasteiger partial charge in [-0.05, 0) is 30.2 Å². The first kappa shape index (κ1) is 18.0. The van der Waals surface area contributed by atoms with E-state index in [1.165, 1.54) is 0 Å². The van der Waals surface area contributed by atoms with Crippen molar-refractivity contribution in [3.8, 4) is 5.75 Å². The van der Waals surface area contributed by atoms with Gasteiger partial charge < -0.3 is 15.0 Å². The molecule has 0 radical (unpaired) electrons. The molecule has 0 aromatic heterocycles. The molecule has 3 rings (SSSR count). The lowest BCUT2D eigenvalue weighted by Crippen LogP contribution is -2.32. The molecule has 0 spiro atoms. The fourth-order valence-electron chi connectivity index (χ4n) is 3.11. The van der Waals surface area contributed by atoms with Gasteiger partial charge in [-0.25, -0.2) is 0 Å². The van der Waals surface area contributed by atoms with Gasteiger partial charge >= 0.3 is 0 Å². The van der Waals surface area contributed by atoms with E-state index < -0.39 is 0 Å². The second kappa shape index (κ2) is 8.52. The van der Waals surface area contributed by atoms with Crippen LogP contribution in [0.3, 0.4) is 0 Å². The number of nitrogens with zero attached hydrogens (tertiary/aromatic N) is 1. The monoisotopic (exact) mass is 352 g/mol. The molecule has 5 heteroatoms. The van der Waals surface area contributed by atoms with Crippen LogP contribution in [0.15, 0.2) is 54.6 Å². The number of rotatable bonds is 7. The average molecular weight is 352 g/mol. The van der Waals surface area contributed by atoms with E-state index in [2.05, 4.69) is 5.32 Å². The fourth-order valence-corrected chi connectivity index (χ4v) is 3.11. The molecule has 5 nitrogen and oxygen atoms in total. The number of hydrogen-bond acceptors (Lipinski definition) is 3. The van der Waals surface area contributed by atoms with Crippen LogP contribution in [0, 0.1) is 5.92 Å². The Balaban J connectivity index is 1.50. The fraction of sp³-hybridized carbons (Fsp3) is 0.333. The van der Waals surface area contributed by atoms with Gasteiger partial charge in [0.05, 0.1) is 12.5 Å². The van der Waals surface area contributed by atoms with Gasteiger partial charge in [-0.3, -0.25) is 9.59 Å². The molecular weight excluding hydrogens is 328 g/mol. The molecular formula is C21H24N2O3. The topological polar surface area (TPSA) is 58.6 Å². The average Bonchev–Trinajstić information content (AvgIpc) is 3.03. The molecule has 0 aliphatic carbocycles. The standard InChI is InChI=1S/C21H24N2O3/c1-2-26-19-10-8-16(9-11-19)13-22-21(25)18-12-20(24)23(15-18)14-17-6-4-3-5-7-17/h3-11,18H,2,12-15H2,1H3,(H,22,25)/t18-/m1/s1. The second-order valence-electron chi connectivity index (χ2n) is 6.46. The lowest BCUT2D eigenvalue weighted by Gasteiger charge is -2.16. The van der Waals surface area contributed by atoms with Crippen molar-refractivity contribution in [1.82, 2.24) is 10.2 Å². The summed E-state index contributed by atoms with van der Waals surface area (Å²) in [5, 5.41) is 2.94. The molecule has 0 bridgehead atoms. The zero-order chi connectivity index (χ0) is 18.4. The summed E-state index contributed by atoms with van der Waals surface area (Å²) in [6.45, 7) is 4.06. The zero-order valence-corrected chi connectivity index (χ0v) is 15.0. The van der Waals surface area contributed by atoms with E-state index in [9.17, 15) is 9.59 Å². The Morgan fingerprint density at radius 2 is 1.85 bits per heavy atom. The van der Waals surface area contributed by atoms with Crippen LogP contribution in [0.5, 0.6) is 5.75 Å². The quantitative estimate of drug-likeness (QED) is 0.834. The minimum atomic E-state index is -0.283. The molecule has 1 aliphatic rings.